The average molecular weight is 477 g/mol. The van der Waals surface area contributed by atoms with Crippen LogP contribution in [0, 0.1) is 23.7 Å². The monoisotopic (exact) mass is 477 g/mol. The molecule has 0 heterocycles. The van der Waals surface area contributed by atoms with E-state index in [1.807, 2.05) is 0 Å². The predicted octanol–water partition coefficient (Wildman–Crippen LogP) is 4.89. The number of hydrogen-bond donors (Lipinski definition) is 0. The van der Waals surface area contributed by atoms with E-state index < -0.39 is 0 Å². The van der Waals surface area contributed by atoms with Crippen LogP contribution in [0.1, 0.15) is 41.0 Å². The number of nitrogens with zero attached hydrogens (tertiary/aromatic N) is 1. The molecule has 114 valence electrons. The standard InChI is InChI=1S/C19H30N.Tl/c1-9-12(4)19(20-11-3)17(10-2)18-15(7)13(5)14(6)16(18)8;/h10,13-14,16,18H,2,4,7,9,11H2,1,3,5-6,8H3;/q-1;+1/b19-17-;. The third-order valence-electron chi connectivity index (χ3n) is 5.35. The fourth-order valence-electron chi connectivity index (χ4n) is 3.47. The van der Waals surface area contributed by atoms with Gasteiger partial charge in [-0.3, -0.25) is 0 Å². The van der Waals surface area contributed by atoms with Gasteiger partial charge >= 0.3 is 148 Å². The molecule has 0 aromatic rings. The molecule has 2 heteroatoms. The molecule has 1 rings (SSSR count). The van der Waals surface area contributed by atoms with Gasteiger partial charge < -0.3 is 0 Å². The summed E-state index contributed by atoms with van der Waals surface area (Å²) in [5.74, 6) is 2.32. The zero-order valence-corrected chi connectivity index (χ0v) is 18.9. The van der Waals surface area contributed by atoms with Crippen molar-refractivity contribution >= 4 is 26.1 Å². The van der Waals surface area contributed by atoms with Crippen molar-refractivity contribution in [1.29, 1.82) is 0 Å². The van der Waals surface area contributed by atoms with E-state index >= 15 is 0 Å². The first-order chi connectivity index (χ1) is 9.81. The molecule has 0 spiro atoms. The van der Waals surface area contributed by atoms with E-state index in [-0.39, 0.29) is 0 Å². The van der Waals surface area contributed by atoms with E-state index in [1.165, 1.54) is 22.4 Å². The first kappa shape index (κ1) is 18.7. The Labute approximate surface area is 148 Å². The minimum absolute atomic E-state index is 0.429. The first-order valence-electron chi connectivity index (χ1n) is 8.07. The van der Waals surface area contributed by atoms with Crippen LogP contribution >= 0.6 is 0 Å². The molecule has 0 N–H and O–H groups in total. The second kappa shape index (κ2) is 7.80. The Hall–Kier alpha value is -0.318. The van der Waals surface area contributed by atoms with Crippen LogP contribution < -0.4 is 0 Å². The van der Waals surface area contributed by atoms with E-state index in [0.29, 0.717) is 23.7 Å². The molecule has 4 unspecified atom stereocenters. The van der Waals surface area contributed by atoms with Crippen molar-refractivity contribution in [2.24, 2.45) is 23.7 Å². The van der Waals surface area contributed by atoms with Gasteiger partial charge in [0, 0.05) is 0 Å². The number of hydrogen-bond acceptors (Lipinski definition) is 1. The molecule has 0 aromatic heterocycles. The van der Waals surface area contributed by atoms with E-state index in [4.69, 9.17) is 0 Å². The van der Waals surface area contributed by atoms with Gasteiger partial charge in [0.15, 0.2) is 0 Å². The van der Waals surface area contributed by atoms with Crippen LogP contribution in [0.4, 0.5) is 0 Å². The fraction of sp³-hybridized carbons (Fsp3) is 0.579. The molecular weight excluding hydrogens is 447 g/mol. The first-order valence-corrected chi connectivity index (χ1v) is 10.1. The third kappa shape index (κ3) is 3.54. The molecule has 0 radical (unpaired) electrons. The molecular formula is C19H30NTl. The van der Waals surface area contributed by atoms with E-state index in [9.17, 15) is 0 Å². The molecule has 0 aliphatic heterocycles. The summed E-state index contributed by atoms with van der Waals surface area (Å²) in [7, 11) is 0. The minimum atomic E-state index is 0.429. The maximum atomic E-state index is 4.42. The van der Waals surface area contributed by atoms with Crippen LogP contribution in [-0.2, 0) is 0 Å². The fourth-order valence-corrected chi connectivity index (χ4v) is 4.76. The van der Waals surface area contributed by atoms with Crippen LogP contribution in [0.3, 0.4) is 0 Å². The number of allylic oxidation sites excluding steroid dienone is 4. The second-order valence-corrected chi connectivity index (χ2v) is 8.73. The molecule has 21 heavy (non-hydrogen) atoms. The van der Waals surface area contributed by atoms with Crippen molar-refractivity contribution in [3.8, 4) is 0 Å². The topological polar surface area (TPSA) is 3.24 Å². The Bertz CT molecular complexity index is 460. The molecule has 0 bridgehead atoms. The van der Waals surface area contributed by atoms with Crippen LogP contribution in [0.15, 0.2) is 48.2 Å². The maximum absolute atomic E-state index is 4.42. The van der Waals surface area contributed by atoms with Gasteiger partial charge in [-0.05, 0) is 0 Å². The molecule has 4 atom stereocenters. The van der Waals surface area contributed by atoms with Gasteiger partial charge in [0.1, 0.15) is 0 Å². The van der Waals surface area contributed by atoms with Gasteiger partial charge in [-0.2, -0.15) is 0 Å². The molecule has 0 amide bonds. The quantitative estimate of drug-likeness (QED) is 0.300. The van der Waals surface area contributed by atoms with Gasteiger partial charge in [-0.1, -0.05) is 0 Å². The van der Waals surface area contributed by atoms with Gasteiger partial charge in [-0.25, -0.2) is 0 Å². The summed E-state index contributed by atoms with van der Waals surface area (Å²) < 4.78 is 2.47. The van der Waals surface area contributed by atoms with Crippen molar-refractivity contribution in [3.05, 3.63) is 48.2 Å². The van der Waals surface area contributed by atoms with E-state index in [2.05, 4.69) is 63.1 Å². The van der Waals surface area contributed by atoms with Gasteiger partial charge in [0.05, 0.1) is 0 Å². The Balaban J connectivity index is 3.43. The average Bonchev–Trinajstić information content (AvgIpc) is 2.67. The second-order valence-electron chi connectivity index (χ2n) is 6.31. The van der Waals surface area contributed by atoms with Crippen molar-refractivity contribution in [1.82, 2.24) is 2.71 Å². The molecule has 0 aromatic carbocycles. The molecule has 1 aliphatic carbocycles. The summed E-state index contributed by atoms with van der Waals surface area (Å²) in [6.45, 7) is 25.4. The molecule has 1 nitrogen and oxygen atoms in total. The Morgan fingerprint density at radius 3 is 2.14 bits per heavy atom. The van der Waals surface area contributed by atoms with E-state index in [1.54, 1.807) is 0 Å². The van der Waals surface area contributed by atoms with Gasteiger partial charge in [0.2, 0.25) is 0 Å². The molecule has 0 saturated heterocycles. The normalized spacial score (nSPS) is 30.0. The van der Waals surface area contributed by atoms with Crippen LogP contribution in [0.2, 0.25) is 0 Å². The SMILES string of the molecule is C=C/C(=C(\C(=C)CC)[N]([Tl])CC)C1C(=C)C(C)C(C)C1C. The van der Waals surface area contributed by atoms with Crippen molar-refractivity contribution < 1.29 is 0 Å². The Morgan fingerprint density at radius 2 is 1.81 bits per heavy atom. The molecule has 1 fully saturated rings. The van der Waals surface area contributed by atoms with Crippen LogP contribution in [0.25, 0.3) is 0 Å². The zero-order chi connectivity index (χ0) is 16.3. The number of rotatable bonds is 6. The van der Waals surface area contributed by atoms with Gasteiger partial charge in [0.25, 0.3) is 0 Å². The Morgan fingerprint density at radius 1 is 1.24 bits per heavy atom. The summed E-state index contributed by atoms with van der Waals surface area (Å²) in [6, 6.07) is 0. The zero-order valence-electron chi connectivity index (χ0n) is 14.4. The van der Waals surface area contributed by atoms with E-state index in [0.717, 1.165) is 39.0 Å². The van der Waals surface area contributed by atoms with Crippen molar-refractivity contribution in [2.45, 2.75) is 41.0 Å². The predicted molar refractivity (Wildman–Crippen MR) is 94.9 cm³/mol. The molecule has 1 aliphatic rings. The summed E-state index contributed by atoms with van der Waals surface area (Å²) in [5, 5.41) is 0. The number of likely N-dealkylation sites (N-methyl/N-ethyl adjacent to an activating group) is 1. The van der Waals surface area contributed by atoms with Crippen molar-refractivity contribution in [2.75, 3.05) is 6.54 Å². The van der Waals surface area contributed by atoms with Crippen molar-refractivity contribution in [3.63, 3.8) is 0 Å². The summed E-state index contributed by atoms with van der Waals surface area (Å²) in [5.41, 5.74) is 5.32. The summed E-state index contributed by atoms with van der Waals surface area (Å²) in [6.07, 6.45) is 3.06. The van der Waals surface area contributed by atoms with Crippen LogP contribution in [0.5, 0.6) is 0 Å². The third-order valence-corrected chi connectivity index (χ3v) is 7.77. The van der Waals surface area contributed by atoms with Crippen LogP contribution in [-0.4, -0.2) is 35.3 Å². The summed E-state index contributed by atoms with van der Waals surface area (Å²) in [4.78, 5) is 0. The van der Waals surface area contributed by atoms with Gasteiger partial charge in [-0.15, -0.1) is 0 Å². The molecule has 1 saturated carbocycles. The summed E-state index contributed by atoms with van der Waals surface area (Å²) >= 11 is 0.785. The Kier molecular flexibility index (Phi) is 6.95.